The maximum Gasteiger partial charge on any atom is 0.343 e. The number of nitrogens with one attached hydrogen (secondary N) is 1. The molecule has 158 valence electrons. The zero-order valence-corrected chi connectivity index (χ0v) is 18.0. The molecule has 0 aliphatic heterocycles. The zero-order chi connectivity index (χ0) is 22.5. The molecule has 0 bridgehead atoms. The van der Waals surface area contributed by atoms with Gasteiger partial charge in [0.15, 0.2) is 0 Å². The van der Waals surface area contributed by atoms with Gasteiger partial charge in [-0.3, -0.25) is 4.79 Å². The number of hydrogen-bond donors (Lipinski definition) is 1. The van der Waals surface area contributed by atoms with E-state index in [9.17, 15) is 9.59 Å². The van der Waals surface area contributed by atoms with Gasteiger partial charge in [-0.2, -0.15) is 0 Å². The topological polar surface area (TPSA) is 55.4 Å². The Hall–Kier alpha value is -4.18. The van der Waals surface area contributed by atoms with Gasteiger partial charge in [-0.25, -0.2) is 4.79 Å². The van der Waals surface area contributed by atoms with Gasteiger partial charge in [0.1, 0.15) is 5.75 Å². The molecule has 0 atom stereocenters. The summed E-state index contributed by atoms with van der Waals surface area (Å²) in [6, 6.07) is 29.7. The fraction of sp³-hybridized carbons (Fsp3) is 0.0714. The lowest BCUT2D eigenvalue weighted by Crippen LogP contribution is -2.13. The molecule has 0 fully saturated rings. The van der Waals surface area contributed by atoms with E-state index in [1.54, 1.807) is 36.4 Å². The second-order valence-corrected chi connectivity index (χ2v) is 7.63. The van der Waals surface area contributed by atoms with Crippen LogP contribution < -0.4 is 10.1 Å². The van der Waals surface area contributed by atoms with Crippen LogP contribution in [0.1, 0.15) is 31.8 Å². The largest absolute Gasteiger partial charge is 0.423 e. The van der Waals surface area contributed by atoms with Crippen LogP contribution in [-0.2, 0) is 0 Å². The highest BCUT2D eigenvalue weighted by Gasteiger charge is 2.11. The molecule has 32 heavy (non-hydrogen) atoms. The average molecular weight is 421 g/mol. The van der Waals surface area contributed by atoms with Crippen molar-refractivity contribution in [2.45, 2.75) is 13.8 Å². The van der Waals surface area contributed by atoms with E-state index in [1.165, 1.54) is 0 Å². The fourth-order valence-electron chi connectivity index (χ4n) is 3.33. The highest BCUT2D eigenvalue weighted by atomic mass is 16.5. The Bertz CT molecular complexity index is 1240. The minimum atomic E-state index is -0.447. The molecule has 0 aliphatic rings. The smallest absolute Gasteiger partial charge is 0.343 e. The van der Waals surface area contributed by atoms with E-state index in [0.29, 0.717) is 16.9 Å². The number of ether oxygens (including phenoxy) is 1. The summed E-state index contributed by atoms with van der Waals surface area (Å²) in [6.45, 7) is 3.93. The lowest BCUT2D eigenvalue weighted by molar-refractivity contribution is 0.0734. The Morgan fingerprint density at radius 3 is 2.00 bits per heavy atom. The van der Waals surface area contributed by atoms with Crippen LogP contribution >= 0.6 is 0 Å². The quantitative estimate of drug-likeness (QED) is 0.298. The Balaban J connectivity index is 1.40. The number of rotatable bonds is 5. The number of carbonyl (C=O) groups is 2. The molecule has 0 spiro atoms. The predicted octanol–water partition coefficient (Wildman–Crippen LogP) is 6.44. The number of amides is 1. The van der Waals surface area contributed by atoms with Crippen LogP contribution in [0.2, 0.25) is 0 Å². The molecule has 1 N–H and O–H groups in total. The average Bonchev–Trinajstić information content (AvgIpc) is 2.82. The number of esters is 1. The second kappa shape index (κ2) is 9.31. The first-order chi connectivity index (χ1) is 15.5. The molecule has 0 unspecified atom stereocenters. The molecule has 4 heteroatoms. The summed E-state index contributed by atoms with van der Waals surface area (Å²) in [6.07, 6.45) is 0. The van der Waals surface area contributed by atoms with Crippen molar-refractivity contribution in [3.05, 3.63) is 119 Å². The van der Waals surface area contributed by atoms with E-state index in [4.69, 9.17) is 4.74 Å². The maximum atomic E-state index is 12.6. The number of benzene rings is 4. The number of aryl methyl sites for hydroxylation is 2. The first kappa shape index (κ1) is 21.1. The predicted molar refractivity (Wildman–Crippen MR) is 127 cm³/mol. The Morgan fingerprint density at radius 2 is 1.31 bits per heavy atom. The third-order valence-corrected chi connectivity index (χ3v) is 5.20. The standard InChI is InChI=1S/C28H23NO3/c1-19-8-9-20(2)26(18-19)29-27(30)23-14-16-25(17-15-23)32-28(31)24-12-10-22(11-13-24)21-6-4-3-5-7-21/h3-18H,1-2H3,(H,29,30). The van der Waals surface area contributed by atoms with Gasteiger partial charge in [0.05, 0.1) is 5.56 Å². The van der Waals surface area contributed by atoms with Crippen LogP contribution in [0.25, 0.3) is 11.1 Å². The number of anilines is 1. The van der Waals surface area contributed by atoms with Crippen molar-refractivity contribution in [3.63, 3.8) is 0 Å². The summed E-state index contributed by atoms with van der Waals surface area (Å²) in [5.41, 5.74) is 5.91. The van der Waals surface area contributed by atoms with Crippen molar-refractivity contribution in [1.29, 1.82) is 0 Å². The van der Waals surface area contributed by atoms with Crippen molar-refractivity contribution >= 4 is 17.6 Å². The van der Waals surface area contributed by atoms with Gasteiger partial charge in [0.2, 0.25) is 0 Å². The highest BCUT2D eigenvalue weighted by molar-refractivity contribution is 6.04. The third kappa shape index (κ3) is 4.93. The summed E-state index contributed by atoms with van der Waals surface area (Å²) in [5, 5.41) is 2.93. The minimum Gasteiger partial charge on any atom is -0.423 e. The molecule has 0 radical (unpaired) electrons. The summed E-state index contributed by atoms with van der Waals surface area (Å²) in [7, 11) is 0. The van der Waals surface area contributed by atoms with E-state index in [0.717, 1.165) is 27.9 Å². The SMILES string of the molecule is Cc1ccc(C)c(NC(=O)c2ccc(OC(=O)c3ccc(-c4ccccc4)cc3)cc2)c1. The minimum absolute atomic E-state index is 0.215. The van der Waals surface area contributed by atoms with Crippen LogP contribution in [0.15, 0.2) is 97.1 Å². The van der Waals surface area contributed by atoms with E-state index < -0.39 is 5.97 Å². The van der Waals surface area contributed by atoms with E-state index in [1.807, 2.05) is 74.5 Å². The van der Waals surface area contributed by atoms with Gasteiger partial charge >= 0.3 is 5.97 Å². The summed E-state index contributed by atoms with van der Waals surface area (Å²) in [4.78, 5) is 25.1. The normalized spacial score (nSPS) is 10.4. The van der Waals surface area contributed by atoms with Gasteiger partial charge in [-0.05, 0) is 78.6 Å². The molecule has 4 aromatic rings. The molecule has 0 aliphatic carbocycles. The van der Waals surface area contributed by atoms with Crippen molar-refractivity contribution < 1.29 is 14.3 Å². The van der Waals surface area contributed by atoms with Crippen molar-refractivity contribution in [3.8, 4) is 16.9 Å². The molecular formula is C28H23NO3. The molecular weight excluding hydrogens is 398 g/mol. The van der Waals surface area contributed by atoms with E-state index in [2.05, 4.69) is 5.32 Å². The van der Waals surface area contributed by atoms with Crippen LogP contribution in [0.3, 0.4) is 0 Å². The summed E-state index contributed by atoms with van der Waals surface area (Å²) >= 11 is 0. The Labute approximate surface area is 187 Å². The van der Waals surface area contributed by atoms with Gasteiger partial charge in [0, 0.05) is 11.3 Å². The lowest BCUT2D eigenvalue weighted by atomic mass is 10.0. The Kier molecular flexibility index (Phi) is 6.13. The summed E-state index contributed by atoms with van der Waals surface area (Å²) in [5.74, 6) is -0.282. The van der Waals surface area contributed by atoms with Crippen LogP contribution in [0.5, 0.6) is 5.75 Å². The monoisotopic (exact) mass is 421 g/mol. The molecule has 4 nitrogen and oxygen atoms in total. The molecule has 0 saturated carbocycles. The number of hydrogen-bond acceptors (Lipinski definition) is 3. The van der Waals surface area contributed by atoms with Gasteiger partial charge in [0.25, 0.3) is 5.91 Å². The van der Waals surface area contributed by atoms with Crippen molar-refractivity contribution in [2.24, 2.45) is 0 Å². The third-order valence-electron chi connectivity index (χ3n) is 5.20. The van der Waals surface area contributed by atoms with Crippen LogP contribution in [0.4, 0.5) is 5.69 Å². The van der Waals surface area contributed by atoms with Gasteiger partial charge < -0.3 is 10.1 Å². The molecule has 4 aromatic carbocycles. The Morgan fingerprint density at radius 1 is 0.688 bits per heavy atom. The van der Waals surface area contributed by atoms with E-state index in [-0.39, 0.29) is 5.91 Å². The first-order valence-corrected chi connectivity index (χ1v) is 10.4. The van der Waals surface area contributed by atoms with E-state index >= 15 is 0 Å². The van der Waals surface area contributed by atoms with Crippen LogP contribution in [0, 0.1) is 13.8 Å². The fourth-order valence-corrected chi connectivity index (χ4v) is 3.33. The van der Waals surface area contributed by atoms with Crippen molar-refractivity contribution in [1.82, 2.24) is 0 Å². The molecule has 4 rings (SSSR count). The zero-order valence-electron chi connectivity index (χ0n) is 18.0. The van der Waals surface area contributed by atoms with Gasteiger partial charge in [-0.1, -0.05) is 54.6 Å². The van der Waals surface area contributed by atoms with Gasteiger partial charge in [-0.15, -0.1) is 0 Å². The number of carbonyl (C=O) groups excluding carboxylic acids is 2. The lowest BCUT2D eigenvalue weighted by Gasteiger charge is -2.10. The molecule has 0 saturated heterocycles. The highest BCUT2D eigenvalue weighted by Crippen LogP contribution is 2.21. The van der Waals surface area contributed by atoms with Crippen molar-refractivity contribution in [2.75, 3.05) is 5.32 Å². The maximum absolute atomic E-state index is 12.6. The second-order valence-electron chi connectivity index (χ2n) is 7.63. The van der Waals surface area contributed by atoms with Crippen LogP contribution in [-0.4, -0.2) is 11.9 Å². The summed E-state index contributed by atoms with van der Waals surface area (Å²) < 4.78 is 5.46. The molecule has 0 heterocycles. The molecule has 0 aromatic heterocycles. The first-order valence-electron chi connectivity index (χ1n) is 10.4. The molecule has 1 amide bonds.